The fraction of sp³-hybridized carbons (Fsp3) is 0.476. The van der Waals surface area contributed by atoms with Gasteiger partial charge in [0.25, 0.3) is 0 Å². The van der Waals surface area contributed by atoms with E-state index in [0.29, 0.717) is 37.1 Å². The number of phosphoric acid groups is 3. The number of carbonyl (C=O) groups excluding carboxylic acids is 4. The van der Waals surface area contributed by atoms with E-state index < -0.39 is 72.2 Å². The van der Waals surface area contributed by atoms with Crippen molar-refractivity contribution >= 4 is 74.5 Å². The Labute approximate surface area is 426 Å². The molecule has 0 radical (unpaired) electrons. The maximum atomic E-state index is 13.4. The molecular formula is C42H57N6O20P3S2. The molecule has 1 saturated heterocycles. The normalized spacial score (nSPS) is 18.1. The number of Topliss-reactive ketones (excluding diaryl/α,β-unsaturated/α-hetero) is 1. The van der Waals surface area contributed by atoms with E-state index >= 15 is 0 Å². The quantitative estimate of drug-likeness (QED) is 0.0123. The Kier molecular flexibility index (Phi) is 24.4. The smallest absolute Gasteiger partial charge is 0.462 e. The zero-order valence-electron chi connectivity index (χ0n) is 39.6. The van der Waals surface area contributed by atoms with Gasteiger partial charge in [0.1, 0.15) is 30.9 Å². The molecule has 1 amide bonds. The zero-order valence-corrected chi connectivity index (χ0v) is 43.9. The predicted octanol–water partition coefficient (Wildman–Crippen LogP) is 3.44. The van der Waals surface area contributed by atoms with Crippen molar-refractivity contribution < 1.29 is 89.3 Å². The van der Waals surface area contributed by atoms with Crippen molar-refractivity contribution in [1.82, 2.24) is 14.9 Å². The van der Waals surface area contributed by atoms with Crippen LogP contribution in [0.15, 0.2) is 53.5 Å². The molecule has 31 heteroatoms. The first-order valence-corrected chi connectivity index (χ1v) is 29.1. The van der Waals surface area contributed by atoms with Crippen LogP contribution in [-0.4, -0.2) is 124 Å². The van der Waals surface area contributed by atoms with Crippen molar-refractivity contribution in [2.24, 2.45) is 11.5 Å². The van der Waals surface area contributed by atoms with E-state index in [1.54, 1.807) is 37.3 Å². The van der Waals surface area contributed by atoms with Gasteiger partial charge in [-0.3, -0.25) is 18.7 Å². The molecule has 0 aliphatic carbocycles. The lowest BCUT2D eigenvalue weighted by Crippen LogP contribution is -2.31. The highest BCUT2D eigenvalue weighted by Crippen LogP contribution is 2.66. The van der Waals surface area contributed by atoms with Gasteiger partial charge in [0.05, 0.1) is 56.3 Å². The summed E-state index contributed by atoms with van der Waals surface area (Å²) in [6.45, 7) is 3.34. The number of phosphoric ester groups is 1. The third kappa shape index (κ3) is 20.4. The standard InChI is InChI=1S/C42H57N6O20P3S2/c1-26(44)30-10-4-5-11-32(30)41(52)66-35-22-38(65-36(35)25-64-70(57,58)68-71(59,60)67-69(54,55)56)48-23-29(39(45)47-42(48)53)9-8-16-46-37(50)12-6-7-17-63-40(51)33-21-28(13-14-31(33)27(2)73-72-3)34(49)24-62-20-19-61-18-15-43/h4-5,10-11,13-14,21,23,26-27,35-36,38H,6-7,12,15-20,22,24-25,43-44H2,1-3H3,(H,46,50)(H,57,58)(H,59,60)(H2,45,47,53)(H2,54,55,56)/t26?,27?,35-,36?,38-/m1/s1. The van der Waals surface area contributed by atoms with Gasteiger partial charge in [-0.2, -0.15) is 13.6 Å². The molecule has 1 fully saturated rings. The molecule has 11 N–H and O–H groups in total. The number of ketones is 1. The second kappa shape index (κ2) is 29.1. The van der Waals surface area contributed by atoms with Crippen LogP contribution >= 0.6 is 45.1 Å². The third-order valence-corrected chi connectivity index (χ3v) is 16.0. The Morgan fingerprint density at radius 3 is 2.37 bits per heavy atom. The summed E-state index contributed by atoms with van der Waals surface area (Å²) in [5.41, 5.74) is 18.1. The largest absolute Gasteiger partial charge is 0.490 e. The van der Waals surface area contributed by atoms with Crippen LogP contribution in [0, 0.1) is 11.8 Å². The SMILES string of the molecule is CSSC(C)c1ccc(C(=O)COCCOCCN)cc1C(=O)OCCCCC(=O)NCC#Cc1cn([C@H]2C[C@@H](OC(=O)c3ccccc3C(C)N)C(COP(=O)(O)OP(=O)(O)OP(=O)(O)O)O2)c(=O)nc1N. The van der Waals surface area contributed by atoms with Crippen molar-refractivity contribution in [1.29, 1.82) is 0 Å². The molecular weight excluding hydrogens is 1070 g/mol. The molecule has 0 spiro atoms. The third-order valence-electron chi connectivity index (χ3n) is 9.99. The molecule has 1 aliphatic heterocycles. The number of nitrogens with zero attached hydrogens (tertiary/aromatic N) is 2. The highest BCUT2D eigenvalue weighted by molar-refractivity contribution is 8.76. The second-order valence-electron chi connectivity index (χ2n) is 15.6. The average molecular weight is 1120 g/mol. The monoisotopic (exact) mass is 1120 g/mol. The number of nitrogens with one attached hydrogen (secondary N) is 1. The molecule has 3 aromatic rings. The molecule has 73 heavy (non-hydrogen) atoms. The topological polar surface area (TPSA) is 399 Å². The fourth-order valence-corrected chi connectivity index (χ4v) is 11.5. The minimum Gasteiger partial charge on any atom is -0.462 e. The molecule has 0 bridgehead atoms. The van der Waals surface area contributed by atoms with Crippen molar-refractivity contribution in [3.05, 3.63) is 92.5 Å². The highest BCUT2D eigenvalue weighted by Gasteiger charge is 2.45. The number of amides is 1. The Morgan fingerprint density at radius 2 is 1.67 bits per heavy atom. The van der Waals surface area contributed by atoms with Crippen molar-refractivity contribution in [3.8, 4) is 11.8 Å². The van der Waals surface area contributed by atoms with Gasteiger partial charge in [0.2, 0.25) is 5.91 Å². The maximum Gasteiger partial charge on any atom is 0.490 e. The maximum absolute atomic E-state index is 13.4. The van der Waals surface area contributed by atoms with Crippen LogP contribution in [0.5, 0.6) is 0 Å². The van der Waals surface area contributed by atoms with Gasteiger partial charge in [-0.05, 0) is 56.2 Å². The molecule has 402 valence electrons. The van der Waals surface area contributed by atoms with E-state index in [4.69, 9.17) is 55.2 Å². The number of benzene rings is 2. The van der Waals surface area contributed by atoms with E-state index in [1.165, 1.54) is 33.7 Å². The van der Waals surface area contributed by atoms with E-state index in [1.807, 2.05) is 13.2 Å². The number of nitrogen functional groups attached to an aromatic ring is 1. The van der Waals surface area contributed by atoms with Crippen LogP contribution in [0.2, 0.25) is 0 Å². The summed E-state index contributed by atoms with van der Waals surface area (Å²) in [4.78, 5) is 107. The average Bonchev–Trinajstić information content (AvgIpc) is 3.71. The molecule has 0 saturated carbocycles. The number of nitrogens with two attached hydrogens (primary N) is 3. The number of anilines is 1. The number of carbonyl (C=O) groups is 4. The Bertz CT molecular complexity index is 2680. The second-order valence-corrected chi connectivity index (χ2v) is 22.8. The van der Waals surface area contributed by atoms with Gasteiger partial charge in [-0.1, -0.05) is 63.8 Å². The molecule has 1 aliphatic rings. The molecule has 2 aromatic carbocycles. The summed E-state index contributed by atoms with van der Waals surface area (Å²) in [6.07, 6.45) is -0.792. The van der Waals surface area contributed by atoms with Crippen molar-refractivity contribution in [2.75, 3.05) is 64.7 Å². The number of unbranched alkanes of at least 4 members (excludes halogenated alkanes) is 1. The predicted molar refractivity (Wildman–Crippen MR) is 265 cm³/mol. The van der Waals surface area contributed by atoms with Crippen molar-refractivity contribution in [2.45, 2.75) is 69.3 Å². The first-order valence-electron chi connectivity index (χ1n) is 22.0. The lowest BCUT2D eigenvalue weighted by molar-refractivity contribution is -0.121. The summed E-state index contributed by atoms with van der Waals surface area (Å²) in [7, 11) is -14.2. The summed E-state index contributed by atoms with van der Waals surface area (Å²) in [5.74, 6) is 2.84. The van der Waals surface area contributed by atoms with Gasteiger partial charge in [-0.15, -0.1) is 0 Å². The minimum absolute atomic E-state index is 0.00706. The van der Waals surface area contributed by atoms with E-state index in [-0.39, 0.29) is 90.8 Å². The van der Waals surface area contributed by atoms with Gasteiger partial charge < -0.3 is 65.8 Å². The van der Waals surface area contributed by atoms with Crippen LogP contribution in [0.1, 0.15) is 105 Å². The first-order chi connectivity index (χ1) is 34.4. The number of hydrogen-bond acceptors (Lipinski definition) is 22. The lowest BCUT2D eigenvalue weighted by atomic mass is 10.00. The Balaban J connectivity index is 1.36. The fourth-order valence-electron chi connectivity index (χ4n) is 6.69. The number of esters is 2. The minimum atomic E-state index is -5.89. The first kappa shape index (κ1) is 61.2. The zero-order chi connectivity index (χ0) is 53.9. The van der Waals surface area contributed by atoms with Gasteiger partial charge >= 0.3 is 41.1 Å². The molecule has 2 heterocycles. The molecule has 1 aromatic heterocycles. The van der Waals surface area contributed by atoms with E-state index in [0.717, 1.165) is 10.8 Å². The van der Waals surface area contributed by atoms with E-state index in [2.05, 4.69) is 30.8 Å². The highest BCUT2D eigenvalue weighted by atomic mass is 33.1. The van der Waals surface area contributed by atoms with Crippen LogP contribution in [-0.2, 0) is 55.3 Å². The van der Waals surface area contributed by atoms with Gasteiger partial charge in [-0.25, -0.2) is 28.1 Å². The van der Waals surface area contributed by atoms with Gasteiger partial charge in [0, 0.05) is 42.4 Å². The van der Waals surface area contributed by atoms with Crippen LogP contribution < -0.4 is 28.2 Å². The molecule has 4 rings (SSSR count). The molecule has 7 atom stereocenters. The van der Waals surface area contributed by atoms with Crippen molar-refractivity contribution in [3.63, 3.8) is 0 Å². The van der Waals surface area contributed by atoms with Crippen LogP contribution in [0.4, 0.5) is 5.82 Å². The number of aromatic nitrogens is 2. The van der Waals surface area contributed by atoms with Crippen LogP contribution in [0.25, 0.3) is 0 Å². The lowest BCUT2D eigenvalue weighted by Gasteiger charge is -2.21. The van der Waals surface area contributed by atoms with E-state index in [9.17, 15) is 47.5 Å². The molecule has 26 nitrogen and oxygen atoms in total. The summed E-state index contributed by atoms with van der Waals surface area (Å²) in [5, 5.41) is 2.52. The number of ether oxygens (including phenoxy) is 5. The van der Waals surface area contributed by atoms with Gasteiger partial charge in [0.15, 0.2) is 5.78 Å². The van der Waals surface area contributed by atoms with Crippen LogP contribution in [0.3, 0.4) is 0 Å². The summed E-state index contributed by atoms with van der Waals surface area (Å²) >= 11 is 0. The Morgan fingerprint density at radius 1 is 0.945 bits per heavy atom. The summed E-state index contributed by atoms with van der Waals surface area (Å²) < 4.78 is 76.5. The summed E-state index contributed by atoms with van der Waals surface area (Å²) in [6, 6.07) is 10.4. The molecule has 5 unspecified atom stereocenters. The number of hydrogen-bond donors (Lipinski definition) is 8. The Hall–Kier alpha value is -4.33. The number of rotatable bonds is 29.